The van der Waals surface area contributed by atoms with Crippen LogP contribution in [0.4, 0.5) is 17.2 Å². The lowest BCUT2D eigenvalue weighted by molar-refractivity contribution is -0.132. The number of fused-ring (bicyclic) bond motifs is 3. The van der Waals surface area contributed by atoms with Crippen LogP contribution in [0.15, 0.2) is 42.6 Å². The maximum Gasteiger partial charge on any atom is 0.253 e. The number of hydrogen-bond acceptors (Lipinski definition) is 6. The zero-order valence-corrected chi connectivity index (χ0v) is 21.2. The Hall–Kier alpha value is -3.62. The minimum Gasteiger partial charge on any atom is -0.358 e. The number of anilines is 3. The third kappa shape index (κ3) is 4.51. The molecular formula is C28H34N6O3. The number of benzene rings is 1. The summed E-state index contributed by atoms with van der Waals surface area (Å²) in [6.07, 6.45) is 6.67. The van der Waals surface area contributed by atoms with Crippen molar-refractivity contribution in [1.29, 1.82) is 0 Å². The quantitative estimate of drug-likeness (QED) is 0.639. The van der Waals surface area contributed by atoms with E-state index in [1.807, 2.05) is 46.2 Å². The Kier molecular flexibility index (Phi) is 6.44. The van der Waals surface area contributed by atoms with Crippen LogP contribution in [0.25, 0.3) is 0 Å². The lowest BCUT2D eigenvalue weighted by Crippen LogP contribution is -2.58. The highest BCUT2D eigenvalue weighted by Crippen LogP contribution is 2.40. The Morgan fingerprint density at radius 3 is 2.38 bits per heavy atom. The summed E-state index contributed by atoms with van der Waals surface area (Å²) in [6.45, 7) is 4.96. The van der Waals surface area contributed by atoms with Crippen molar-refractivity contribution < 1.29 is 14.4 Å². The molecule has 5 heterocycles. The monoisotopic (exact) mass is 502 g/mol. The van der Waals surface area contributed by atoms with Crippen molar-refractivity contribution in [2.75, 3.05) is 67.1 Å². The second-order valence-electron chi connectivity index (χ2n) is 10.4. The van der Waals surface area contributed by atoms with E-state index in [1.54, 1.807) is 11.1 Å². The number of rotatable bonds is 4. The van der Waals surface area contributed by atoms with Crippen LogP contribution in [0.5, 0.6) is 0 Å². The van der Waals surface area contributed by atoms with Gasteiger partial charge in [-0.1, -0.05) is 6.07 Å². The molecule has 1 atom stereocenters. The standard InChI is InChI=1S/C28H34N6O3/c35-26(31-17-15-30(16-18-31)25-8-1-3-11-29-25)20-34-24-19-21(27(36)32-12-5-6-13-32)9-10-22(24)33-14-4-2-7-23(33)28(34)37/h1,3,8-11,19,23H,2,4-7,12-18,20H2/t23-/m1/s1. The Bertz CT molecular complexity index is 1170. The highest BCUT2D eigenvalue weighted by Gasteiger charge is 2.41. The van der Waals surface area contributed by atoms with Crippen molar-refractivity contribution >= 4 is 34.9 Å². The summed E-state index contributed by atoms with van der Waals surface area (Å²) >= 11 is 0. The van der Waals surface area contributed by atoms with Gasteiger partial charge in [-0.25, -0.2) is 4.98 Å². The predicted molar refractivity (Wildman–Crippen MR) is 142 cm³/mol. The fourth-order valence-electron chi connectivity index (χ4n) is 6.12. The molecule has 37 heavy (non-hydrogen) atoms. The first-order valence-electron chi connectivity index (χ1n) is 13.6. The number of aromatic nitrogens is 1. The molecule has 0 N–H and O–H groups in total. The van der Waals surface area contributed by atoms with Crippen molar-refractivity contribution in [3.8, 4) is 0 Å². The lowest BCUT2D eigenvalue weighted by Gasteiger charge is -2.45. The van der Waals surface area contributed by atoms with Crippen LogP contribution in [0.1, 0.15) is 42.5 Å². The Labute approximate surface area is 217 Å². The molecule has 0 bridgehead atoms. The molecule has 194 valence electrons. The van der Waals surface area contributed by atoms with Crippen LogP contribution in [-0.4, -0.2) is 90.9 Å². The van der Waals surface area contributed by atoms with Crippen LogP contribution < -0.4 is 14.7 Å². The van der Waals surface area contributed by atoms with Crippen LogP contribution in [0.2, 0.25) is 0 Å². The van der Waals surface area contributed by atoms with Gasteiger partial charge in [0.1, 0.15) is 18.4 Å². The van der Waals surface area contributed by atoms with Gasteiger partial charge in [-0.15, -0.1) is 0 Å². The normalized spacial score (nSPS) is 21.7. The Balaban J connectivity index is 1.23. The van der Waals surface area contributed by atoms with Gasteiger partial charge in [-0.2, -0.15) is 0 Å². The first kappa shape index (κ1) is 23.8. The number of carbonyl (C=O) groups excluding carboxylic acids is 3. The van der Waals surface area contributed by atoms with Crippen LogP contribution in [0.3, 0.4) is 0 Å². The van der Waals surface area contributed by atoms with E-state index < -0.39 is 0 Å². The molecule has 0 aliphatic carbocycles. The summed E-state index contributed by atoms with van der Waals surface area (Å²) in [5.74, 6) is 0.840. The molecule has 0 unspecified atom stereocenters. The summed E-state index contributed by atoms with van der Waals surface area (Å²) in [5, 5.41) is 0. The van der Waals surface area contributed by atoms with E-state index in [-0.39, 0.29) is 30.3 Å². The summed E-state index contributed by atoms with van der Waals surface area (Å²) < 4.78 is 0. The fraction of sp³-hybridized carbons (Fsp3) is 0.500. The van der Waals surface area contributed by atoms with Crippen LogP contribution >= 0.6 is 0 Å². The molecule has 1 aromatic heterocycles. The number of nitrogens with zero attached hydrogens (tertiary/aromatic N) is 6. The number of likely N-dealkylation sites (tertiary alicyclic amines) is 1. The molecule has 6 rings (SSSR count). The lowest BCUT2D eigenvalue weighted by atomic mass is 9.95. The number of pyridine rings is 1. The zero-order valence-electron chi connectivity index (χ0n) is 21.2. The molecule has 3 amide bonds. The third-order valence-corrected chi connectivity index (χ3v) is 8.17. The van der Waals surface area contributed by atoms with Gasteiger partial charge in [0.25, 0.3) is 5.91 Å². The van der Waals surface area contributed by atoms with E-state index >= 15 is 0 Å². The average Bonchev–Trinajstić information content (AvgIpc) is 3.50. The van der Waals surface area contributed by atoms with Gasteiger partial charge < -0.3 is 19.6 Å². The van der Waals surface area contributed by atoms with E-state index in [4.69, 9.17) is 0 Å². The summed E-state index contributed by atoms with van der Waals surface area (Å²) in [6, 6.07) is 11.3. The molecule has 3 saturated heterocycles. The van der Waals surface area contributed by atoms with Crippen LogP contribution in [-0.2, 0) is 9.59 Å². The van der Waals surface area contributed by atoms with Crippen molar-refractivity contribution in [3.05, 3.63) is 48.2 Å². The second-order valence-corrected chi connectivity index (χ2v) is 10.4. The van der Waals surface area contributed by atoms with Gasteiger partial charge >= 0.3 is 0 Å². The zero-order chi connectivity index (χ0) is 25.4. The topological polar surface area (TPSA) is 80.3 Å². The van der Waals surface area contributed by atoms with E-state index in [1.165, 1.54) is 0 Å². The first-order chi connectivity index (χ1) is 18.1. The SMILES string of the molecule is O=C(CN1C(=O)[C@H]2CCCCN2c2ccc(C(=O)N3CCCC3)cc21)N1CCN(c2ccccn2)CC1. The molecule has 0 saturated carbocycles. The second kappa shape index (κ2) is 10.0. The first-order valence-corrected chi connectivity index (χ1v) is 13.6. The maximum atomic E-state index is 13.7. The largest absolute Gasteiger partial charge is 0.358 e. The Morgan fingerprint density at radius 2 is 1.62 bits per heavy atom. The molecule has 4 aliphatic rings. The van der Waals surface area contributed by atoms with Gasteiger partial charge in [-0.05, 0) is 62.4 Å². The van der Waals surface area contributed by atoms with Crippen molar-refractivity contribution in [2.45, 2.75) is 38.1 Å². The molecule has 1 aromatic carbocycles. The van der Waals surface area contributed by atoms with Crippen molar-refractivity contribution in [2.24, 2.45) is 0 Å². The summed E-state index contributed by atoms with van der Waals surface area (Å²) in [4.78, 5) is 54.5. The van der Waals surface area contributed by atoms with Crippen LogP contribution in [0, 0.1) is 0 Å². The summed E-state index contributed by atoms with van der Waals surface area (Å²) in [5.41, 5.74) is 2.23. The van der Waals surface area contributed by atoms with E-state index in [0.717, 1.165) is 63.2 Å². The molecule has 0 spiro atoms. The predicted octanol–water partition coefficient (Wildman–Crippen LogP) is 2.37. The van der Waals surface area contributed by atoms with Crippen molar-refractivity contribution in [1.82, 2.24) is 14.8 Å². The van der Waals surface area contributed by atoms with E-state index in [2.05, 4.69) is 14.8 Å². The van der Waals surface area contributed by atoms with Gasteiger partial charge in [0, 0.05) is 57.6 Å². The van der Waals surface area contributed by atoms with Gasteiger partial charge in [0.2, 0.25) is 11.8 Å². The smallest absolute Gasteiger partial charge is 0.253 e. The average molecular weight is 503 g/mol. The molecule has 0 radical (unpaired) electrons. The minimum atomic E-state index is -0.241. The minimum absolute atomic E-state index is 0.00111. The number of piperidine rings is 1. The molecule has 2 aromatic rings. The summed E-state index contributed by atoms with van der Waals surface area (Å²) in [7, 11) is 0. The number of piperazine rings is 1. The third-order valence-electron chi connectivity index (χ3n) is 8.17. The molecule has 9 heteroatoms. The van der Waals surface area contributed by atoms with Gasteiger partial charge in [0.05, 0.1) is 11.4 Å². The van der Waals surface area contributed by atoms with E-state index in [9.17, 15) is 14.4 Å². The molecule has 3 fully saturated rings. The highest BCUT2D eigenvalue weighted by atomic mass is 16.2. The van der Waals surface area contributed by atoms with Gasteiger partial charge in [-0.3, -0.25) is 19.3 Å². The molecule has 9 nitrogen and oxygen atoms in total. The maximum absolute atomic E-state index is 13.7. The molecular weight excluding hydrogens is 468 g/mol. The number of amides is 3. The Morgan fingerprint density at radius 1 is 0.838 bits per heavy atom. The molecule has 4 aliphatic heterocycles. The van der Waals surface area contributed by atoms with E-state index in [0.29, 0.717) is 37.4 Å². The van der Waals surface area contributed by atoms with Crippen molar-refractivity contribution in [3.63, 3.8) is 0 Å². The van der Waals surface area contributed by atoms with Gasteiger partial charge in [0.15, 0.2) is 0 Å². The fourth-order valence-corrected chi connectivity index (χ4v) is 6.12. The number of hydrogen-bond donors (Lipinski definition) is 0. The number of carbonyl (C=O) groups is 3. The highest BCUT2D eigenvalue weighted by molar-refractivity contribution is 6.10.